The Hall–Kier alpha value is -3.34. The number of halogens is 2. The number of rotatable bonds is 4. The third kappa shape index (κ3) is 4.39. The molecule has 3 aromatic carbocycles. The van der Waals surface area contributed by atoms with Crippen LogP contribution in [0.1, 0.15) is 26.0 Å². The summed E-state index contributed by atoms with van der Waals surface area (Å²) in [6, 6.07) is 23.5. The van der Waals surface area contributed by atoms with Gasteiger partial charge in [0.25, 0.3) is 0 Å². The zero-order valence-electron chi connectivity index (χ0n) is 18.8. The Balaban J connectivity index is 1.66. The van der Waals surface area contributed by atoms with Crippen molar-refractivity contribution in [2.45, 2.75) is 25.9 Å². The molecular formula is C28H22Cl2N2O2. The molecular weight excluding hydrogens is 467 g/mol. The van der Waals surface area contributed by atoms with Gasteiger partial charge >= 0.3 is 0 Å². The Morgan fingerprint density at radius 2 is 1.65 bits per heavy atom. The molecule has 0 spiro atoms. The molecule has 0 fully saturated rings. The first-order valence-electron chi connectivity index (χ1n) is 10.9. The molecule has 0 unspecified atom stereocenters. The zero-order valence-corrected chi connectivity index (χ0v) is 20.3. The Bertz CT molecular complexity index is 1420. The lowest BCUT2D eigenvalue weighted by atomic mass is 9.98. The third-order valence-electron chi connectivity index (χ3n) is 5.67. The fourth-order valence-electron chi connectivity index (χ4n) is 4.13. The number of imidazole rings is 1. The second-order valence-corrected chi connectivity index (χ2v) is 9.66. The van der Waals surface area contributed by atoms with Crippen molar-refractivity contribution in [3.63, 3.8) is 0 Å². The quantitative estimate of drug-likeness (QED) is 0.296. The highest BCUT2D eigenvalue weighted by Gasteiger charge is 2.31. The van der Waals surface area contributed by atoms with Crippen LogP contribution in [0.25, 0.3) is 34.0 Å². The van der Waals surface area contributed by atoms with Gasteiger partial charge in [0.15, 0.2) is 11.5 Å². The number of aromatic nitrogens is 2. The number of allylic oxidation sites excluding steroid dienone is 1. The van der Waals surface area contributed by atoms with Gasteiger partial charge in [0.05, 0.1) is 15.7 Å². The molecule has 6 heteroatoms. The maximum absolute atomic E-state index is 12.3. The molecule has 1 aliphatic rings. The van der Waals surface area contributed by atoms with E-state index in [1.165, 1.54) is 6.08 Å². The van der Waals surface area contributed by atoms with E-state index >= 15 is 0 Å². The minimum absolute atomic E-state index is 0.00494. The average molecular weight is 489 g/mol. The van der Waals surface area contributed by atoms with Crippen LogP contribution in [0.3, 0.4) is 0 Å². The van der Waals surface area contributed by atoms with E-state index in [4.69, 9.17) is 32.9 Å². The van der Waals surface area contributed by atoms with Gasteiger partial charge in [-0.3, -0.25) is 9.36 Å². The van der Waals surface area contributed by atoms with Gasteiger partial charge in [-0.05, 0) is 49.2 Å². The zero-order chi connectivity index (χ0) is 23.9. The van der Waals surface area contributed by atoms with Crippen LogP contribution in [-0.4, -0.2) is 20.9 Å². The maximum atomic E-state index is 12.3. The van der Waals surface area contributed by atoms with Crippen LogP contribution in [0.2, 0.25) is 10.0 Å². The summed E-state index contributed by atoms with van der Waals surface area (Å²) in [7, 11) is 0. The van der Waals surface area contributed by atoms with Crippen LogP contribution in [0.5, 0.6) is 0 Å². The Morgan fingerprint density at radius 3 is 2.35 bits per heavy atom. The predicted octanol–water partition coefficient (Wildman–Crippen LogP) is 7.62. The second-order valence-electron chi connectivity index (χ2n) is 8.85. The highest BCUT2D eigenvalue weighted by Crippen LogP contribution is 2.36. The predicted molar refractivity (Wildman–Crippen MR) is 137 cm³/mol. The first kappa shape index (κ1) is 22.5. The average Bonchev–Trinajstić information content (AvgIpc) is 3.23. The number of carbonyl (C=O) groups is 1. The molecule has 0 saturated heterocycles. The molecule has 0 amide bonds. The third-order valence-corrected chi connectivity index (χ3v) is 6.30. The molecule has 5 rings (SSSR count). The van der Waals surface area contributed by atoms with Gasteiger partial charge in [0.2, 0.25) is 0 Å². The number of hydrogen-bond acceptors (Lipinski definition) is 3. The molecule has 1 aromatic heterocycles. The van der Waals surface area contributed by atoms with Gasteiger partial charge < -0.3 is 4.74 Å². The SMILES string of the molecule is CC1(C)CC(=O)C=C(c2cn(-c3ccc(-c4ccccc4)cc3Cl)c(-c3ccccc3Cl)n2)O1. The summed E-state index contributed by atoms with van der Waals surface area (Å²) in [6.07, 6.45) is 3.67. The maximum Gasteiger partial charge on any atom is 0.163 e. The molecule has 170 valence electrons. The topological polar surface area (TPSA) is 44.1 Å². The van der Waals surface area contributed by atoms with Crippen LogP contribution in [-0.2, 0) is 9.53 Å². The second kappa shape index (κ2) is 8.79. The summed E-state index contributed by atoms with van der Waals surface area (Å²) in [6.45, 7) is 3.78. The van der Waals surface area contributed by atoms with Gasteiger partial charge in [0.1, 0.15) is 17.1 Å². The minimum Gasteiger partial charge on any atom is -0.485 e. The van der Waals surface area contributed by atoms with Crippen molar-refractivity contribution in [1.29, 1.82) is 0 Å². The lowest BCUT2D eigenvalue weighted by Gasteiger charge is -2.29. The summed E-state index contributed by atoms with van der Waals surface area (Å²) in [5, 5.41) is 1.13. The molecule has 0 radical (unpaired) electrons. The van der Waals surface area contributed by atoms with Gasteiger partial charge in [0, 0.05) is 24.3 Å². The van der Waals surface area contributed by atoms with E-state index in [1.807, 2.05) is 97.4 Å². The van der Waals surface area contributed by atoms with Crippen LogP contribution in [0.15, 0.2) is 85.1 Å². The van der Waals surface area contributed by atoms with Crippen molar-refractivity contribution in [1.82, 2.24) is 9.55 Å². The van der Waals surface area contributed by atoms with Crippen molar-refractivity contribution >= 4 is 34.7 Å². The highest BCUT2D eigenvalue weighted by atomic mass is 35.5. The normalized spacial score (nSPS) is 15.1. The van der Waals surface area contributed by atoms with Crippen molar-refractivity contribution < 1.29 is 9.53 Å². The van der Waals surface area contributed by atoms with Gasteiger partial charge in [-0.2, -0.15) is 0 Å². The van der Waals surface area contributed by atoms with Crippen molar-refractivity contribution in [3.05, 3.63) is 101 Å². The summed E-state index contributed by atoms with van der Waals surface area (Å²) in [5.74, 6) is 1.05. The summed E-state index contributed by atoms with van der Waals surface area (Å²) in [4.78, 5) is 17.2. The summed E-state index contributed by atoms with van der Waals surface area (Å²) < 4.78 is 8.00. The largest absolute Gasteiger partial charge is 0.485 e. The Labute approximate surface area is 208 Å². The van der Waals surface area contributed by atoms with Crippen molar-refractivity contribution in [2.75, 3.05) is 0 Å². The standard InChI is InChI=1S/C28H22Cl2N2O2/c1-28(2)16-20(33)15-26(34-28)24-17-32(27(31-24)21-10-6-7-11-22(21)29)25-13-12-19(14-23(25)30)18-8-4-3-5-9-18/h3-15,17H,16H2,1-2H3. The molecule has 0 N–H and O–H groups in total. The molecule has 1 aliphatic heterocycles. The highest BCUT2D eigenvalue weighted by molar-refractivity contribution is 6.33. The lowest BCUT2D eigenvalue weighted by Crippen LogP contribution is -2.30. The van der Waals surface area contributed by atoms with E-state index in [-0.39, 0.29) is 5.78 Å². The van der Waals surface area contributed by atoms with Crippen molar-refractivity contribution in [3.8, 4) is 28.2 Å². The number of carbonyl (C=O) groups excluding carboxylic acids is 1. The van der Waals surface area contributed by atoms with E-state index in [1.54, 1.807) is 0 Å². The first-order chi connectivity index (χ1) is 16.3. The fourth-order valence-corrected chi connectivity index (χ4v) is 4.63. The molecule has 4 nitrogen and oxygen atoms in total. The number of benzene rings is 3. The number of ketones is 1. The van der Waals surface area contributed by atoms with Crippen LogP contribution in [0.4, 0.5) is 0 Å². The van der Waals surface area contributed by atoms with E-state index in [2.05, 4.69) is 0 Å². The van der Waals surface area contributed by atoms with E-state index in [9.17, 15) is 4.79 Å². The molecule has 2 heterocycles. The van der Waals surface area contributed by atoms with Crippen molar-refractivity contribution in [2.24, 2.45) is 0 Å². The summed E-state index contributed by atoms with van der Waals surface area (Å²) >= 11 is 13.3. The van der Waals surface area contributed by atoms with Crippen LogP contribution < -0.4 is 0 Å². The number of hydrogen-bond donors (Lipinski definition) is 0. The van der Waals surface area contributed by atoms with Gasteiger partial charge in [-0.1, -0.05) is 71.7 Å². The molecule has 0 atom stereocenters. The first-order valence-corrected chi connectivity index (χ1v) is 11.7. The van der Waals surface area contributed by atoms with Crippen LogP contribution in [0, 0.1) is 0 Å². The fraction of sp³-hybridized carbons (Fsp3) is 0.143. The molecule has 4 aromatic rings. The molecule has 0 bridgehead atoms. The van der Waals surface area contributed by atoms with E-state index in [0.29, 0.717) is 33.7 Å². The number of nitrogens with zero attached hydrogens (tertiary/aromatic N) is 2. The minimum atomic E-state index is -0.607. The summed E-state index contributed by atoms with van der Waals surface area (Å²) in [5.41, 5.74) is 3.52. The molecule has 0 aliphatic carbocycles. The molecule has 34 heavy (non-hydrogen) atoms. The Morgan fingerprint density at radius 1 is 0.912 bits per heavy atom. The smallest absolute Gasteiger partial charge is 0.163 e. The number of ether oxygens (including phenoxy) is 1. The molecule has 0 saturated carbocycles. The van der Waals surface area contributed by atoms with E-state index in [0.717, 1.165) is 22.4 Å². The monoisotopic (exact) mass is 488 g/mol. The van der Waals surface area contributed by atoms with Gasteiger partial charge in [-0.25, -0.2) is 4.98 Å². The Kier molecular flexibility index (Phi) is 5.80. The van der Waals surface area contributed by atoms with E-state index < -0.39 is 5.60 Å². The van der Waals surface area contributed by atoms with Crippen LogP contribution >= 0.6 is 23.2 Å². The van der Waals surface area contributed by atoms with Gasteiger partial charge in [-0.15, -0.1) is 0 Å². The lowest BCUT2D eigenvalue weighted by molar-refractivity contribution is -0.119.